The fourth-order valence-corrected chi connectivity index (χ4v) is 1.20. The minimum Gasteiger partial charge on any atom is -0.308 e. The van der Waals surface area contributed by atoms with Crippen molar-refractivity contribution >= 4 is 17.4 Å². The molecular weight excluding hydrogens is 202 g/mol. The summed E-state index contributed by atoms with van der Waals surface area (Å²) in [6.07, 6.45) is 4.26. The van der Waals surface area contributed by atoms with E-state index in [0.717, 1.165) is 5.69 Å². The Morgan fingerprint density at radius 3 is 2.56 bits per heavy atom. The first-order valence-electron chi connectivity index (χ1n) is 4.80. The Kier molecular flexibility index (Phi) is 3.13. The van der Waals surface area contributed by atoms with Crippen LogP contribution in [0, 0.1) is 6.20 Å². The second kappa shape index (κ2) is 4.93. The average molecular weight is 212 g/mol. The SMILES string of the molecule is O=C(Nc1[c]nccc1)Nc1ccccc1. The lowest BCUT2D eigenvalue weighted by atomic mass is 10.3. The van der Waals surface area contributed by atoms with Crippen LogP contribution in [0.4, 0.5) is 16.2 Å². The largest absolute Gasteiger partial charge is 0.323 e. The van der Waals surface area contributed by atoms with Crippen molar-refractivity contribution in [2.45, 2.75) is 0 Å². The molecule has 0 unspecified atom stereocenters. The Morgan fingerprint density at radius 1 is 1.06 bits per heavy atom. The Morgan fingerprint density at radius 2 is 1.88 bits per heavy atom. The van der Waals surface area contributed by atoms with Gasteiger partial charge in [0, 0.05) is 11.9 Å². The molecule has 1 aromatic carbocycles. The van der Waals surface area contributed by atoms with Gasteiger partial charge in [-0.25, -0.2) is 4.79 Å². The molecule has 79 valence electrons. The summed E-state index contributed by atoms with van der Waals surface area (Å²) in [6.45, 7) is 0. The van der Waals surface area contributed by atoms with Gasteiger partial charge in [-0.05, 0) is 24.3 Å². The molecule has 0 aliphatic heterocycles. The molecule has 1 radical (unpaired) electrons. The van der Waals surface area contributed by atoms with Gasteiger partial charge in [-0.2, -0.15) is 0 Å². The first-order chi connectivity index (χ1) is 7.84. The van der Waals surface area contributed by atoms with E-state index >= 15 is 0 Å². The summed E-state index contributed by atoms with van der Waals surface area (Å²) < 4.78 is 0. The maximum Gasteiger partial charge on any atom is 0.323 e. The number of hydrogen-bond donors (Lipinski definition) is 2. The van der Waals surface area contributed by atoms with Crippen LogP contribution in [-0.4, -0.2) is 11.0 Å². The van der Waals surface area contributed by atoms with Crippen LogP contribution in [0.25, 0.3) is 0 Å². The summed E-state index contributed by atoms with van der Waals surface area (Å²) in [5.74, 6) is 0. The Hall–Kier alpha value is -2.36. The summed E-state index contributed by atoms with van der Waals surface area (Å²) in [7, 11) is 0. The van der Waals surface area contributed by atoms with E-state index in [2.05, 4.69) is 21.8 Å². The predicted molar refractivity (Wildman–Crippen MR) is 62.2 cm³/mol. The lowest BCUT2D eigenvalue weighted by molar-refractivity contribution is 0.262. The van der Waals surface area contributed by atoms with Gasteiger partial charge in [0.1, 0.15) is 6.20 Å². The Balaban J connectivity index is 1.95. The summed E-state index contributed by atoms with van der Waals surface area (Å²) in [4.78, 5) is 15.3. The molecule has 2 N–H and O–H groups in total. The van der Waals surface area contributed by atoms with Gasteiger partial charge < -0.3 is 10.6 Å². The number of nitrogens with one attached hydrogen (secondary N) is 2. The molecule has 0 saturated carbocycles. The second-order valence-electron chi connectivity index (χ2n) is 3.11. The standard InChI is InChI=1S/C12H10N3O/c16-12(14-10-5-2-1-3-6-10)15-11-7-4-8-13-9-11/h1-8H,(H2,14,15,16). The minimum atomic E-state index is -0.310. The highest BCUT2D eigenvalue weighted by molar-refractivity contribution is 5.99. The zero-order valence-electron chi connectivity index (χ0n) is 8.47. The van der Waals surface area contributed by atoms with Crippen molar-refractivity contribution in [3.05, 3.63) is 54.9 Å². The normalized spacial score (nSPS) is 9.50. The Labute approximate surface area is 93.3 Å². The Bertz CT molecular complexity index is 413. The zero-order chi connectivity index (χ0) is 11.2. The number of nitrogens with zero attached hydrogens (tertiary/aromatic N) is 1. The van der Waals surface area contributed by atoms with Gasteiger partial charge in [0.05, 0.1) is 5.69 Å². The molecule has 2 aromatic rings. The molecule has 0 fully saturated rings. The number of para-hydroxylation sites is 1. The van der Waals surface area contributed by atoms with Gasteiger partial charge >= 0.3 is 6.03 Å². The molecule has 0 spiro atoms. The highest BCUT2D eigenvalue weighted by atomic mass is 16.2. The molecule has 4 heteroatoms. The number of rotatable bonds is 2. The van der Waals surface area contributed by atoms with E-state index in [-0.39, 0.29) is 6.03 Å². The van der Waals surface area contributed by atoms with E-state index in [1.807, 2.05) is 30.3 Å². The van der Waals surface area contributed by atoms with Crippen LogP contribution in [0.3, 0.4) is 0 Å². The van der Waals surface area contributed by atoms with Crippen molar-refractivity contribution in [2.75, 3.05) is 10.6 Å². The lowest BCUT2D eigenvalue weighted by Crippen LogP contribution is -2.19. The van der Waals surface area contributed by atoms with E-state index in [0.29, 0.717) is 5.69 Å². The van der Waals surface area contributed by atoms with E-state index < -0.39 is 0 Å². The molecule has 0 saturated heterocycles. The van der Waals surface area contributed by atoms with Crippen LogP contribution in [-0.2, 0) is 0 Å². The maximum atomic E-state index is 11.5. The third-order valence-electron chi connectivity index (χ3n) is 1.89. The minimum absolute atomic E-state index is 0.310. The van der Waals surface area contributed by atoms with Crippen molar-refractivity contribution in [3.63, 3.8) is 0 Å². The van der Waals surface area contributed by atoms with Gasteiger partial charge in [-0.3, -0.25) is 4.98 Å². The van der Waals surface area contributed by atoms with Gasteiger partial charge in [0.25, 0.3) is 0 Å². The molecule has 0 aliphatic rings. The number of pyridine rings is 1. The van der Waals surface area contributed by atoms with Gasteiger partial charge in [0.15, 0.2) is 0 Å². The highest BCUT2D eigenvalue weighted by Gasteiger charge is 2.01. The molecule has 1 aromatic heterocycles. The molecule has 2 rings (SSSR count). The number of amides is 2. The molecule has 16 heavy (non-hydrogen) atoms. The number of hydrogen-bond acceptors (Lipinski definition) is 2. The fourth-order valence-electron chi connectivity index (χ4n) is 1.20. The molecule has 0 bridgehead atoms. The number of carbonyl (C=O) groups is 1. The fraction of sp³-hybridized carbons (Fsp3) is 0. The number of aromatic nitrogens is 1. The first kappa shape index (κ1) is 10.2. The lowest BCUT2D eigenvalue weighted by Gasteiger charge is -2.06. The number of carbonyl (C=O) groups excluding carboxylic acids is 1. The van der Waals surface area contributed by atoms with Gasteiger partial charge in [-0.15, -0.1) is 0 Å². The molecular formula is C12H10N3O. The molecule has 0 aliphatic carbocycles. The molecule has 2 amide bonds. The van der Waals surface area contributed by atoms with Crippen molar-refractivity contribution in [1.29, 1.82) is 0 Å². The maximum absolute atomic E-state index is 11.5. The molecule has 4 nitrogen and oxygen atoms in total. The third-order valence-corrected chi connectivity index (χ3v) is 1.89. The number of anilines is 2. The predicted octanol–water partition coefficient (Wildman–Crippen LogP) is 2.53. The zero-order valence-corrected chi connectivity index (χ0v) is 8.47. The van der Waals surface area contributed by atoms with Crippen molar-refractivity contribution in [1.82, 2.24) is 4.98 Å². The first-order valence-corrected chi connectivity index (χ1v) is 4.80. The smallest absolute Gasteiger partial charge is 0.308 e. The summed E-state index contributed by atoms with van der Waals surface area (Å²) in [5, 5.41) is 5.31. The molecule has 1 heterocycles. The number of benzene rings is 1. The summed E-state index contributed by atoms with van der Waals surface area (Å²) in [5.41, 5.74) is 1.28. The van der Waals surface area contributed by atoms with Crippen LogP contribution in [0.1, 0.15) is 0 Å². The van der Waals surface area contributed by atoms with Crippen molar-refractivity contribution in [2.24, 2.45) is 0 Å². The van der Waals surface area contributed by atoms with Crippen LogP contribution in [0.2, 0.25) is 0 Å². The van der Waals surface area contributed by atoms with Gasteiger partial charge in [-0.1, -0.05) is 18.2 Å². The average Bonchev–Trinajstić information content (AvgIpc) is 2.31. The van der Waals surface area contributed by atoms with E-state index in [9.17, 15) is 4.79 Å². The summed E-state index contributed by atoms with van der Waals surface area (Å²) >= 11 is 0. The highest BCUT2D eigenvalue weighted by Crippen LogP contribution is 2.07. The van der Waals surface area contributed by atoms with Crippen LogP contribution in [0.5, 0.6) is 0 Å². The van der Waals surface area contributed by atoms with E-state index in [4.69, 9.17) is 0 Å². The van der Waals surface area contributed by atoms with Crippen LogP contribution >= 0.6 is 0 Å². The topological polar surface area (TPSA) is 54.0 Å². The quantitative estimate of drug-likeness (QED) is 0.803. The second-order valence-corrected chi connectivity index (χ2v) is 3.11. The number of urea groups is 1. The van der Waals surface area contributed by atoms with E-state index in [1.165, 1.54) is 0 Å². The van der Waals surface area contributed by atoms with E-state index in [1.54, 1.807) is 18.3 Å². The van der Waals surface area contributed by atoms with Crippen LogP contribution in [0.15, 0.2) is 48.7 Å². The van der Waals surface area contributed by atoms with Crippen molar-refractivity contribution < 1.29 is 4.79 Å². The molecule has 0 atom stereocenters. The third kappa shape index (κ3) is 2.81. The monoisotopic (exact) mass is 212 g/mol. The summed E-state index contributed by atoms with van der Waals surface area (Å²) in [6, 6.07) is 12.4. The van der Waals surface area contributed by atoms with Crippen molar-refractivity contribution in [3.8, 4) is 0 Å². The van der Waals surface area contributed by atoms with Crippen LogP contribution < -0.4 is 10.6 Å². The van der Waals surface area contributed by atoms with Gasteiger partial charge in [0.2, 0.25) is 0 Å².